The van der Waals surface area contributed by atoms with E-state index >= 15 is 0 Å². The number of anilines is 1. The molecule has 0 aliphatic carbocycles. The number of hydrogen-bond donors (Lipinski definition) is 15. The van der Waals surface area contributed by atoms with E-state index in [1.165, 1.54) is 57.4 Å². The Kier molecular flexibility index (Phi) is 30.8. The molecule has 0 saturated carbocycles. The number of nitrogens with zero attached hydrogens (tertiary/aromatic N) is 1. The molecule has 77 heavy (non-hydrogen) atoms. The van der Waals surface area contributed by atoms with Gasteiger partial charge in [-0.1, -0.05) is 59.7 Å². The molecule has 26 nitrogen and oxygen atoms in total. The second-order valence-electron chi connectivity index (χ2n) is 18.1. The van der Waals surface area contributed by atoms with Crippen molar-refractivity contribution in [3.63, 3.8) is 0 Å². The summed E-state index contributed by atoms with van der Waals surface area (Å²) in [4.78, 5) is 79.2. The van der Waals surface area contributed by atoms with Gasteiger partial charge in [0.25, 0.3) is 5.91 Å². The van der Waals surface area contributed by atoms with Crippen LogP contribution in [0, 0.1) is 11.8 Å². The van der Waals surface area contributed by atoms with E-state index in [4.69, 9.17) is 29.8 Å². The van der Waals surface area contributed by atoms with Crippen molar-refractivity contribution < 1.29 is 93.7 Å². The number of benzene rings is 1. The number of carboxylic acids is 1. The van der Waals surface area contributed by atoms with Crippen LogP contribution in [0.3, 0.4) is 0 Å². The number of primary amides is 1. The summed E-state index contributed by atoms with van der Waals surface area (Å²) in [7, 11) is 6.56. The van der Waals surface area contributed by atoms with Gasteiger partial charge in [-0.25, -0.2) is 14.4 Å². The maximum atomic E-state index is 13.3. The van der Waals surface area contributed by atoms with Crippen molar-refractivity contribution in [1.29, 1.82) is 0 Å². The van der Waals surface area contributed by atoms with Crippen LogP contribution in [0.25, 0.3) is 0 Å². The first-order valence-electron chi connectivity index (χ1n) is 24.5. The number of aliphatic imine (C=N–C) groups is 1. The third kappa shape index (κ3) is 23.1. The molecule has 5 amide bonds. The first-order chi connectivity index (χ1) is 36.4. The molecule has 1 heterocycles. The number of phenols is 2. The van der Waals surface area contributed by atoms with E-state index in [9.17, 15) is 69.6 Å². The van der Waals surface area contributed by atoms with Gasteiger partial charge in [0, 0.05) is 81.0 Å². The van der Waals surface area contributed by atoms with Gasteiger partial charge >= 0.3 is 18.2 Å². The molecule has 28 heteroatoms. The summed E-state index contributed by atoms with van der Waals surface area (Å²) in [6.07, 6.45) is -4.74. The van der Waals surface area contributed by atoms with E-state index < -0.39 is 116 Å². The van der Waals surface area contributed by atoms with Crippen molar-refractivity contribution in [1.82, 2.24) is 21.3 Å². The molecule has 434 valence electrons. The molecule has 16 N–H and O–H groups in total. The van der Waals surface area contributed by atoms with E-state index in [0.717, 1.165) is 16.9 Å². The Bertz CT molecular complexity index is 2220. The third-order valence-electron chi connectivity index (χ3n) is 12.1. The van der Waals surface area contributed by atoms with Crippen molar-refractivity contribution in [3.8, 4) is 11.5 Å². The van der Waals surface area contributed by atoms with Gasteiger partial charge in [0.15, 0.2) is 6.10 Å². The molecule has 2 bridgehead atoms. The number of methoxy groups -OCH3 is 2. The van der Waals surface area contributed by atoms with Crippen LogP contribution < -0.4 is 32.3 Å². The number of rotatable bonds is 26. The largest absolute Gasteiger partial charge is 0.506 e. The lowest BCUT2D eigenvalue weighted by molar-refractivity contribution is -0.141. The molecule has 0 radical (unpaired) electrons. The summed E-state index contributed by atoms with van der Waals surface area (Å²) in [5.41, 5.74) is 6.20. The summed E-state index contributed by atoms with van der Waals surface area (Å²) in [5.74, 6) is -4.70. The predicted octanol–water partition coefficient (Wildman–Crippen LogP) is 0.248. The molecule has 1 aromatic carbocycles. The van der Waals surface area contributed by atoms with Crippen molar-refractivity contribution in [2.75, 3.05) is 64.4 Å². The fraction of sp³-hybridized carbons (Fsp3) is 0.612. The minimum Gasteiger partial charge on any atom is -0.506 e. The van der Waals surface area contributed by atoms with E-state index in [1.807, 2.05) is 6.92 Å². The van der Waals surface area contributed by atoms with Crippen LogP contribution in [0.5, 0.6) is 11.5 Å². The molecule has 1 aromatic rings. The summed E-state index contributed by atoms with van der Waals surface area (Å²) >= 11 is 0. The van der Waals surface area contributed by atoms with Crippen LogP contribution >= 0.6 is 21.6 Å². The number of carboxylic acid groups (broad SMARTS) is 1. The molecule has 0 fully saturated rings. The van der Waals surface area contributed by atoms with Gasteiger partial charge in [0.1, 0.15) is 54.3 Å². The second kappa shape index (κ2) is 35.1. The van der Waals surface area contributed by atoms with E-state index in [1.54, 1.807) is 26.0 Å². The number of likely N-dealkylation sites (N-methyl/N-ethyl adjacent to an activating group) is 1. The Morgan fingerprint density at radius 2 is 1.69 bits per heavy atom. The van der Waals surface area contributed by atoms with Gasteiger partial charge in [-0.15, -0.1) is 0 Å². The number of phenolic OH excluding ortho intramolecular Hbond substituents is 2. The van der Waals surface area contributed by atoms with Crippen molar-refractivity contribution in [2.45, 2.75) is 121 Å². The van der Waals surface area contributed by atoms with Crippen LogP contribution in [0.2, 0.25) is 0 Å². The number of aliphatic carboxylic acids is 1. The highest BCUT2D eigenvalue weighted by molar-refractivity contribution is 8.76. The topological polar surface area (TPSA) is 420 Å². The molecule has 2 rings (SSSR count). The highest BCUT2D eigenvalue weighted by Crippen LogP contribution is 2.44. The highest BCUT2D eigenvalue weighted by atomic mass is 33.1. The maximum absolute atomic E-state index is 13.3. The van der Waals surface area contributed by atoms with Gasteiger partial charge in [-0.2, -0.15) is 0 Å². The Morgan fingerprint density at radius 1 is 1.00 bits per heavy atom. The molecule has 0 unspecified atom stereocenters. The number of nitrogens with two attached hydrogens (primary N) is 1. The number of allylic oxidation sites excluding steroid dienone is 2. The predicted molar refractivity (Wildman–Crippen MR) is 287 cm³/mol. The number of aromatic hydroxyl groups is 2. The minimum absolute atomic E-state index is 0.000466. The highest BCUT2D eigenvalue weighted by Gasteiger charge is 2.32. The zero-order valence-electron chi connectivity index (χ0n) is 44.1. The average molecular weight is 1130 g/mol. The molecule has 1 aliphatic rings. The maximum Gasteiger partial charge on any atom is 0.407 e. The standard InChI is InChI=1S/C49H77N7O19S2/c1-25-18-29-39(33(58)21-31(41(29)63)55-45(66)26(2)10-8-11-36(72-6)44(75-48(50)70)28(4)20-27(3)40(62)37(19-25)73-7)52-14-9-15-53-49(71)74-16-17-76-77-24-32(47(68)69)56-46(67)30(51-5)12-13-38(61)54-22-34(59)42(64)43(65)35(60)23-57/h8,10-11,14,20-21,25,27,30,32,34-37,40,42-44,51,57-60,62-65H,9,12-13,15-19,22-24H2,1-7H3,(H2,50,70)(H,53,71)(H,54,61)(H,55,66)(H,56,67)(H,68,69)/t25-,27+,30+,32+,34+,35-,36+,37+,40-,42-,43-,44+/m1/s1. The number of aliphatic hydroxyl groups excluding tert-OH is 6. The lowest BCUT2D eigenvalue weighted by Crippen LogP contribution is -2.51. The van der Waals surface area contributed by atoms with Gasteiger partial charge in [0.2, 0.25) is 11.8 Å². The molecule has 0 spiro atoms. The van der Waals surface area contributed by atoms with Crippen molar-refractivity contribution in [3.05, 3.63) is 47.1 Å². The molecule has 12 atom stereocenters. The molecule has 0 aromatic heterocycles. The summed E-state index contributed by atoms with van der Waals surface area (Å²) in [6.45, 7) is 5.42. The second-order valence-corrected chi connectivity index (χ2v) is 20.7. The molecule has 1 aliphatic heterocycles. The van der Waals surface area contributed by atoms with Crippen molar-refractivity contribution >= 4 is 75.1 Å². The quantitative estimate of drug-likeness (QED) is 0.0148. The average Bonchev–Trinajstić information content (AvgIpc) is 3.38. The number of ether oxygens (including phenoxy) is 4. The van der Waals surface area contributed by atoms with E-state index in [2.05, 4.69) is 31.6 Å². The Morgan fingerprint density at radius 3 is 2.31 bits per heavy atom. The van der Waals surface area contributed by atoms with Crippen LogP contribution in [0.4, 0.5) is 21.0 Å². The van der Waals surface area contributed by atoms with E-state index in [-0.39, 0.29) is 96.7 Å². The van der Waals surface area contributed by atoms with Gasteiger partial charge < -0.3 is 97.2 Å². The molecular weight excluding hydrogens is 1050 g/mol. The number of fused-ring (bicyclic) bond motifs is 2. The normalized spacial score (nSPS) is 22.0. The fourth-order valence-corrected chi connectivity index (χ4v) is 9.63. The first kappa shape index (κ1) is 67.6. The Balaban J connectivity index is 2.02. The van der Waals surface area contributed by atoms with Gasteiger partial charge in [-0.05, 0) is 51.6 Å². The first-order valence-corrected chi connectivity index (χ1v) is 27.0. The monoisotopic (exact) mass is 1130 g/mol. The number of amides is 5. The van der Waals surface area contributed by atoms with Crippen LogP contribution in [0.1, 0.15) is 58.9 Å². The SMILES string of the molecule is CN[C@@H](CCC(=O)NC[C@H](O)[C@@H](O)[C@H](O)[C@H](O)CO)C(=O)N[C@@H](CSSCCOC(=O)NCCC=Nc1c(O)cc2c(O)c1C[C@@H](C)C[C@H](OC)[C@H](O)[C@@H](C)C=C(C)[C@H](OC(N)=O)[C@@H](OC)C=CC=C(C)C(=O)N2)C(=O)O. The van der Waals surface area contributed by atoms with Crippen LogP contribution in [-0.2, 0) is 44.5 Å². The fourth-order valence-electron chi connectivity index (χ4n) is 7.65. The number of hydrogen-bond acceptors (Lipinski definition) is 22. The number of nitrogens with one attached hydrogen (secondary N) is 5. The smallest absolute Gasteiger partial charge is 0.407 e. The van der Waals surface area contributed by atoms with Crippen molar-refractivity contribution in [2.24, 2.45) is 22.6 Å². The summed E-state index contributed by atoms with van der Waals surface area (Å²) in [5, 5.41) is 105. The Hall–Kier alpha value is -5.53. The van der Waals surface area contributed by atoms with Crippen LogP contribution in [0.15, 0.2) is 46.5 Å². The number of alkyl carbamates (subject to hydrolysis) is 1. The number of carbonyl (C=O) groups is 6. The van der Waals surface area contributed by atoms with Crippen LogP contribution in [-0.4, -0.2) is 208 Å². The molecule has 0 saturated heterocycles. The molecular formula is C49H77N7O19S2. The lowest BCUT2D eigenvalue weighted by Gasteiger charge is -2.29. The summed E-state index contributed by atoms with van der Waals surface area (Å²) < 4.78 is 21.9. The Labute approximate surface area is 454 Å². The van der Waals surface area contributed by atoms with E-state index in [0.29, 0.717) is 5.57 Å². The minimum atomic E-state index is -1.88. The van der Waals surface area contributed by atoms with Gasteiger partial charge in [-0.3, -0.25) is 19.4 Å². The summed E-state index contributed by atoms with van der Waals surface area (Å²) in [6, 6.07) is -1.16. The number of carbonyl (C=O) groups excluding carboxylic acids is 5. The third-order valence-corrected chi connectivity index (χ3v) is 14.4. The zero-order chi connectivity index (χ0) is 57.9. The van der Waals surface area contributed by atoms with Gasteiger partial charge in [0.05, 0.1) is 36.6 Å². The zero-order valence-corrected chi connectivity index (χ0v) is 45.8. The lowest BCUT2D eigenvalue weighted by atomic mass is 9.87. The number of aliphatic hydroxyl groups is 6.